The van der Waals surface area contributed by atoms with Crippen molar-refractivity contribution < 1.29 is 9.53 Å². The van der Waals surface area contributed by atoms with E-state index in [4.69, 9.17) is 4.74 Å². The van der Waals surface area contributed by atoms with Crippen LogP contribution in [-0.2, 0) is 9.53 Å². The molecule has 0 heterocycles. The van der Waals surface area contributed by atoms with Crippen LogP contribution in [-0.4, -0.2) is 12.6 Å². The SMILES string of the molecule is CCOC(=O)CC1CC=CCC1. The van der Waals surface area contributed by atoms with Gasteiger partial charge in [0.1, 0.15) is 0 Å². The van der Waals surface area contributed by atoms with Crippen LogP contribution in [0.25, 0.3) is 0 Å². The van der Waals surface area contributed by atoms with Gasteiger partial charge >= 0.3 is 5.97 Å². The molecule has 0 aromatic heterocycles. The second kappa shape index (κ2) is 4.96. The van der Waals surface area contributed by atoms with Crippen molar-refractivity contribution in [2.75, 3.05) is 6.61 Å². The molecule has 1 aliphatic rings. The third-order valence-corrected chi connectivity index (χ3v) is 2.14. The molecular weight excluding hydrogens is 152 g/mol. The van der Waals surface area contributed by atoms with Crippen LogP contribution >= 0.6 is 0 Å². The third-order valence-electron chi connectivity index (χ3n) is 2.14. The highest BCUT2D eigenvalue weighted by atomic mass is 16.5. The summed E-state index contributed by atoms with van der Waals surface area (Å²) >= 11 is 0. The van der Waals surface area contributed by atoms with Gasteiger partial charge in [-0.3, -0.25) is 4.79 Å². The smallest absolute Gasteiger partial charge is 0.306 e. The van der Waals surface area contributed by atoms with Crippen molar-refractivity contribution in [3.05, 3.63) is 12.2 Å². The topological polar surface area (TPSA) is 26.3 Å². The molecule has 12 heavy (non-hydrogen) atoms. The number of hydrogen-bond acceptors (Lipinski definition) is 2. The lowest BCUT2D eigenvalue weighted by molar-refractivity contribution is -0.144. The summed E-state index contributed by atoms with van der Waals surface area (Å²) in [6, 6.07) is 0. The monoisotopic (exact) mass is 168 g/mol. The van der Waals surface area contributed by atoms with Gasteiger partial charge in [0.2, 0.25) is 0 Å². The highest BCUT2D eigenvalue weighted by Gasteiger charge is 2.14. The fourth-order valence-corrected chi connectivity index (χ4v) is 1.50. The molecule has 68 valence electrons. The molecule has 0 N–H and O–H groups in total. The first-order chi connectivity index (χ1) is 5.83. The zero-order valence-corrected chi connectivity index (χ0v) is 7.58. The Morgan fingerprint density at radius 1 is 1.58 bits per heavy atom. The molecule has 0 saturated carbocycles. The van der Waals surface area contributed by atoms with Crippen LogP contribution in [0.5, 0.6) is 0 Å². The van der Waals surface area contributed by atoms with Crippen molar-refractivity contribution in [3.63, 3.8) is 0 Å². The Bertz CT molecular complexity index is 173. The minimum Gasteiger partial charge on any atom is -0.466 e. The van der Waals surface area contributed by atoms with E-state index in [1.807, 2.05) is 6.92 Å². The molecule has 1 unspecified atom stereocenters. The summed E-state index contributed by atoms with van der Waals surface area (Å²) in [6.45, 7) is 2.35. The summed E-state index contributed by atoms with van der Waals surface area (Å²) in [5, 5.41) is 0. The number of rotatable bonds is 3. The number of ether oxygens (including phenoxy) is 1. The summed E-state index contributed by atoms with van der Waals surface area (Å²) in [6.07, 6.45) is 8.23. The van der Waals surface area contributed by atoms with Crippen molar-refractivity contribution in [1.82, 2.24) is 0 Å². The van der Waals surface area contributed by atoms with Crippen molar-refractivity contribution in [2.45, 2.75) is 32.6 Å². The zero-order chi connectivity index (χ0) is 8.81. The van der Waals surface area contributed by atoms with Crippen LogP contribution in [0.3, 0.4) is 0 Å². The lowest BCUT2D eigenvalue weighted by atomic mass is 9.92. The minimum atomic E-state index is -0.0437. The van der Waals surface area contributed by atoms with Gasteiger partial charge in [0.25, 0.3) is 0 Å². The Hall–Kier alpha value is -0.790. The van der Waals surface area contributed by atoms with Gasteiger partial charge < -0.3 is 4.74 Å². The molecule has 0 saturated heterocycles. The summed E-state index contributed by atoms with van der Waals surface area (Å²) in [5.74, 6) is 0.479. The molecule has 1 aliphatic carbocycles. The molecule has 0 aromatic carbocycles. The van der Waals surface area contributed by atoms with Crippen LogP contribution in [0.2, 0.25) is 0 Å². The van der Waals surface area contributed by atoms with Gasteiger partial charge in [-0.25, -0.2) is 0 Å². The highest BCUT2D eigenvalue weighted by molar-refractivity contribution is 5.69. The highest BCUT2D eigenvalue weighted by Crippen LogP contribution is 2.21. The standard InChI is InChI=1S/C10H16O2/c1-2-12-10(11)8-9-6-4-3-5-7-9/h3-4,9H,2,5-8H2,1H3. The predicted octanol–water partition coefficient (Wildman–Crippen LogP) is 2.30. The second-order valence-corrected chi connectivity index (χ2v) is 3.16. The molecule has 0 aromatic rings. The first-order valence-electron chi connectivity index (χ1n) is 4.63. The first-order valence-corrected chi connectivity index (χ1v) is 4.63. The molecule has 0 bridgehead atoms. The van der Waals surface area contributed by atoms with Gasteiger partial charge in [0, 0.05) is 6.42 Å². The van der Waals surface area contributed by atoms with Crippen LogP contribution in [0, 0.1) is 5.92 Å². The van der Waals surface area contributed by atoms with Crippen molar-refractivity contribution in [2.24, 2.45) is 5.92 Å². The number of allylic oxidation sites excluding steroid dienone is 2. The van der Waals surface area contributed by atoms with Gasteiger partial charge in [-0.2, -0.15) is 0 Å². The predicted molar refractivity (Wildman–Crippen MR) is 47.7 cm³/mol. The van der Waals surface area contributed by atoms with Gasteiger partial charge in [0.15, 0.2) is 0 Å². The largest absolute Gasteiger partial charge is 0.466 e. The molecule has 1 atom stereocenters. The van der Waals surface area contributed by atoms with Gasteiger partial charge in [-0.1, -0.05) is 12.2 Å². The maximum Gasteiger partial charge on any atom is 0.306 e. The van der Waals surface area contributed by atoms with Crippen LogP contribution in [0.4, 0.5) is 0 Å². The van der Waals surface area contributed by atoms with Crippen molar-refractivity contribution in [3.8, 4) is 0 Å². The quantitative estimate of drug-likeness (QED) is 0.477. The molecule has 2 heteroatoms. The zero-order valence-electron chi connectivity index (χ0n) is 7.58. The third kappa shape index (κ3) is 3.07. The number of carbonyl (C=O) groups is 1. The van der Waals surface area contributed by atoms with E-state index in [-0.39, 0.29) is 5.97 Å². The lowest BCUT2D eigenvalue weighted by Gasteiger charge is -2.15. The lowest BCUT2D eigenvalue weighted by Crippen LogP contribution is -2.12. The fourth-order valence-electron chi connectivity index (χ4n) is 1.50. The van der Waals surface area contributed by atoms with Crippen molar-refractivity contribution >= 4 is 5.97 Å². The van der Waals surface area contributed by atoms with E-state index in [2.05, 4.69) is 12.2 Å². The van der Waals surface area contributed by atoms with Crippen LogP contribution in [0.1, 0.15) is 32.6 Å². The molecule has 2 nitrogen and oxygen atoms in total. The van der Waals surface area contributed by atoms with E-state index in [1.54, 1.807) is 0 Å². The van der Waals surface area contributed by atoms with E-state index in [1.165, 1.54) is 0 Å². The summed E-state index contributed by atoms with van der Waals surface area (Å²) in [4.78, 5) is 11.1. The van der Waals surface area contributed by atoms with E-state index in [9.17, 15) is 4.79 Å². The first kappa shape index (κ1) is 9.30. The number of esters is 1. The molecule has 0 aliphatic heterocycles. The average Bonchev–Trinajstić information content (AvgIpc) is 2.06. The molecular formula is C10H16O2. The maximum atomic E-state index is 11.1. The summed E-state index contributed by atoms with van der Waals surface area (Å²) < 4.78 is 4.88. The van der Waals surface area contributed by atoms with E-state index in [0.29, 0.717) is 18.9 Å². The molecule has 0 fully saturated rings. The van der Waals surface area contributed by atoms with Crippen LogP contribution in [0.15, 0.2) is 12.2 Å². The van der Waals surface area contributed by atoms with Crippen LogP contribution < -0.4 is 0 Å². The molecule has 1 rings (SSSR count). The van der Waals surface area contributed by atoms with Gasteiger partial charge in [0.05, 0.1) is 6.61 Å². The Labute approximate surface area is 73.6 Å². The minimum absolute atomic E-state index is 0.0437. The molecule has 0 amide bonds. The Balaban J connectivity index is 2.21. The fraction of sp³-hybridized carbons (Fsp3) is 0.700. The van der Waals surface area contributed by atoms with Crippen molar-refractivity contribution in [1.29, 1.82) is 0 Å². The van der Waals surface area contributed by atoms with E-state index < -0.39 is 0 Å². The maximum absolute atomic E-state index is 11.1. The van der Waals surface area contributed by atoms with E-state index in [0.717, 1.165) is 19.3 Å². The molecule has 0 radical (unpaired) electrons. The average molecular weight is 168 g/mol. The Morgan fingerprint density at radius 3 is 3.00 bits per heavy atom. The summed E-state index contributed by atoms with van der Waals surface area (Å²) in [7, 11) is 0. The normalized spacial score (nSPS) is 22.2. The number of hydrogen-bond donors (Lipinski definition) is 0. The Kier molecular flexibility index (Phi) is 3.85. The van der Waals surface area contributed by atoms with Gasteiger partial charge in [-0.05, 0) is 32.1 Å². The Morgan fingerprint density at radius 2 is 2.42 bits per heavy atom. The number of carbonyl (C=O) groups excluding carboxylic acids is 1. The summed E-state index contributed by atoms with van der Waals surface area (Å²) in [5.41, 5.74) is 0. The molecule has 0 spiro atoms. The second-order valence-electron chi connectivity index (χ2n) is 3.16. The van der Waals surface area contributed by atoms with Gasteiger partial charge in [-0.15, -0.1) is 0 Å². The van der Waals surface area contributed by atoms with E-state index >= 15 is 0 Å².